The maximum absolute atomic E-state index is 12.0. The van der Waals surface area contributed by atoms with Crippen molar-refractivity contribution in [2.75, 3.05) is 40.4 Å². The van der Waals surface area contributed by atoms with Gasteiger partial charge >= 0.3 is 0 Å². The number of ether oxygens (including phenoxy) is 1. The van der Waals surface area contributed by atoms with Crippen molar-refractivity contribution in [1.82, 2.24) is 10.2 Å². The number of carbonyl (C=O) groups is 1. The summed E-state index contributed by atoms with van der Waals surface area (Å²) >= 11 is 0. The van der Waals surface area contributed by atoms with Crippen LogP contribution in [0.4, 0.5) is 0 Å². The molecule has 0 aromatic heterocycles. The first-order valence-corrected chi connectivity index (χ1v) is 6.53. The topological polar surface area (TPSA) is 65.4 Å². The van der Waals surface area contributed by atoms with Gasteiger partial charge in [-0.3, -0.25) is 4.79 Å². The van der Waals surface area contributed by atoms with Crippen LogP contribution in [0.25, 0.3) is 0 Å². The van der Waals surface area contributed by atoms with Crippen molar-refractivity contribution in [1.29, 1.82) is 5.26 Å². The molecule has 5 nitrogen and oxygen atoms in total. The van der Waals surface area contributed by atoms with Crippen LogP contribution in [0.2, 0.25) is 0 Å². The molecule has 0 aliphatic carbocycles. The van der Waals surface area contributed by atoms with Gasteiger partial charge in [0.15, 0.2) is 0 Å². The van der Waals surface area contributed by atoms with Crippen LogP contribution in [0.5, 0.6) is 0 Å². The minimum atomic E-state index is -0.861. The Bertz CT molecular complexity index is 304. The zero-order valence-corrected chi connectivity index (χ0v) is 11.4. The molecule has 1 fully saturated rings. The number of nitriles is 1. The Morgan fingerprint density at radius 3 is 2.61 bits per heavy atom. The van der Waals surface area contributed by atoms with Gasteiger partial charge in [-0.15, -0.1) is 0 Å². The largest absolute Gasteiger partial charge is 0.381 e. The molecule has 0 saturated carbocycles. The first kappa shape index (κ1) is 14.9. The lowest BCUT2D eigenvalue weighted by Crippen LogP contribution is -2.44. The van der Waals surface area contributed by atoms with E-state index in [0.717, 1.165) is 19.4 Å². The average Bonchev–Trinajstić information content (AvgIpc) is 2.38. The van der Waals surface area contributed by atoms with Gasteiger partial charge in [0.2, 0.25) is 5.91 Å². The van der Waals surface area contributed by atoms with E-state index in [1.165, 1.54) is 0 Å². The summed E-state index contributed by atoms with van der Waals surface area (Å²) in [4.78, 5) is 14.2. The molecule has 0 radical (unpaired) electrons. The second kappa shape index (κ2) is 7.34. The van der Waals surface area contributed by atoms with E-state index < -0.39 is 5.41 Å². The second-order valence-electron chi connectivity index (χ2n) is 5.07. The lowest BCUT2D eigenvalue weighted by atomic mass is 9.81. The molecule has 0 unspecified atom stereocenters. The molecular formula is C13H23N3O2. The smallest absolute Gasteiger partial charge is 0.240 e. The molecule has 0 aromatic rings. The van der Waals surface area contributed by atoms with Crippen molar-refractivity contribution in [2.45, 2.75) is 25.7 Å². The van der Waals surface area contributed by atoms with Crippen molar-refractivity contribution in [2.24, 2.45) is 5.41 Å². The second-order valence-corrected chi connectivity index (χ2v) is 5.07. The zero-order valence-electron chi connectivity index (χ0n) is 11.4. The number of nitrogens with zero attached hydrogens (tertiary/aromatic N) is 2. The number of nitrogens with one attached hydrogen (secondary N) is 1. The fourth-order valence-corrected chi connectivity index (χ4v) is 2.03. The number of amides is 1. The highest BCUT2D eigenvalue weighted by atomic mass is 16.5. The highest BCUT2D eigenvalue weighted by molar-refractivity contribution is 5.85. The number of hydrogen-bond donors (Lipinski definition) is 1. The first-order valence-electron chi connectivity index (χ1n) is 6.53. The van der Waals surface area contributed by atoms with E-state index in [4.69, 9.17) is 4.74 Å². The summed E-state index contributed by atoms with van der Waals surface area (Å²) in [7, 11) is 4.07. The molecule has 18 heavy (non-hydrogen) atoms. The number of rotatable bonds is 6. The monoisotopic (exact) mass is 253 g/mol. The Morgan fingerprint density at radius 2 is 2.06 bits per heavy atom. The molecular weight excluding hydrogens is 230 g/mol. The Balaban J connectivity index is 2.28. The van der Waals surface area contributed by atoms with E-state index >= 15 is 0 Å². The van der Waals surface area contributed by atoms with E-state index in [2.05, 4.69) is 16.3 Å². The standard InChI is InChI=1S/C13H23N3O2/c1-16(2)8-4-3-7-15-12(17)13(11-14)5-9-18-10-6-13/h3-10H2,1-2H3,(H,15,17). The normalized spacial score (nSPS) is 18.3. The predicted octanol–water partition coefficient (Wildman–Crippen LogP) is 0.765. The summed E-state index contributed by atoms with van der Waals surface area (Å²) in [5.41, 5.74) is -0.861. The van der Waals surface area contributed by atoms with Crippen molar-refractivity contribution >= 4 is 5.91 Å². The summed E-state index contributed by atoms with van der Waals surface area (Å²) in [5, 5.41) is 12.1. The van der Waals surface area contributed by atoms with Crippen LogP contribution in [0.15, 0.2) is 0 Å². The Morgan fingerprint density at radius 1 is 1.39 bits per heavy atom. The molecule has 1 aliphatic rings. The van der Waals surface area contributed by atoms with E-state index in [0.29, 0.717) is 32.6 Å². The summed E-state index contributed by atoms with van der Waals surface area (Å²) < 4.78 is 5.21. The van der Waals surface area contributed by atoms with Crippen molar-refractivity contribution in [3.8, 4) is 6.07 Å². The highest BCUT2D eigenvalue weighted by Crippen LogP contribution is 2.29. The lowest BCUT2D eigenvalue weighted by Gasteiger charge is -2.29. The number of unbranched alkanes of at least 4 members (excludes halogenated alkanes) is 1. The van der Waals surface area contributed by atoms with Crippen LogP contribution in [0.3, 0.4) is 0 Å². The molecule has 1 saturated heterocycles. The average molecular weight is 253 g/mol. The van der Waals surface area contributed by atoms with Crippen LogP contribution in [0, 0.1) is 16.7 Å². The molecule has 1 amide bonds. The molecule has 1 aliphatic heterocycles. The fraction of sp³-hybridized carbons (Fsp3) is 0.846. The number of carbonyl (C=O) groups excluding carboxylic acids is 1. The highest BCUT2D eigenvalue weighted by Gasteiger charge is 2.40. The van der Waals surface area contributed by atoms with Crippen LogP contribution in [0.1, 0.15) is 25.7 Å². The predicted molar refractivity (Wildman–Crippen MR) is 68.9 cm³/mol. The minimum Gasteiger partial charge on any atom is -0.381 e. The van der Waals surface area contributed by atoms with E-state index in [1.54, 1.807) is 0 Å². The van der Waals surface area contributed by atoms with Gasteiger partial charge in [-0.05, 0) is 46.3 Å². The van der Waals surface area contributed by atoms with Crippen LogP contribution >= 0.6 is 0 Å². The third-order valence-corrected chi connectivity index (χ3v) is 3.31. The van der Waals surface area contributed by atoms with Gasteiger partial charge < -0.3 is 15.0 Å². The number of hydrogen-bond acceptors (Lipinski definition) is 4. The Hall–Kier alpha value is -1.12. The quantitative estimate of drug-likeness (QED) is 0.710. The van der Waals surface area contributed by atoms with Gasteiger partial charge in [0.05, 0.1) is 6.07 Å². The third kappa shape index (κ3) is 4.28. The maximum atomic E-state index is 12.0. The Kier molecular flexibility index (Phi) is 6.10. The van der Waals surface area contributed by atoms with Gasteiger partial charge in [0, 0.05) is 19.8 Å². The first-order chi connectivity index (χ1) is 8.60. The van der Waals surface area contributed by atoms with E-state index in [-0.39, 0.29) is 5.91 Å². The molecule has 0 atom stereocenters. The molecule has 1 N–H and O–H groups in total. The van der Waals surface area contributed by atoms with Gasteiger partial charge in [-0.2, -0.15) is 5.26 Å². The minimum absolute atomic E-state index is 0.127. The molecule has 0 bridgehead atoms. The van der Waals surface area contributed by atoms with Gasteiger partial charge in [0.25, 0.3) is 0 Å². The SMILES string of the molecule is CN(C)CCCCNC(=O)C1(C#N)CCOCC1. The van der Waals surface area contributed by atoms with Crippen LogP contribution < -0.4 is 5.32 Å². The van der Waals surface area contributed by atoms with Crippen LogP contribution in [-0.2, 0) is 9.53 Å². The molecule has 0 aromatic carbocycles. The third-order valence-electron chi connectivity index (χ3n) is 3.31. The summed E-state index contributed by atoms with van der Waals surface area (Å²) in [6.45, 7) is 2.67. The zero-order chi connectivity index (χ0) is 13.4. The molecule has 102 valence electrons. The summed E-state index contributed by atoms with van der Waals surface area (Å²) in [5.74, 6) is -0.127. The molecule has 5 heteroatoms. The van der Waals surface area contributed by atoms with Crippen molar-refractivity contribution < 1.29 is 9.53 Å². The lowest BCUT2D eigenvalue weighted by molar-refractivity contribution is -0.132. The van der Waals surface area contributed by atoms with Gasteiger partial charge in [-0.1, -0.05) is 0 Å². The summed E-state index contributed by atoms with van der Waals surface area (Å²) in [6.07, 6.45) is 3.01. The summed E-state index contributed by atoms with van der Waals surface area (Å²) in [6, 6.07) is 2.18. The van der Waals surface area contributed by atoms with Crippen molar-refractivity contribution in [3.05, 3.63) is 0 Å². The van der Waals surface area contributed by atoms with E-state index in [9.17, 15) is 10.1 Å². The molecule has 1 rings (SSSR count). The fourth-order valence-electron chi connectivity index (χ4n) is 2.03. The van der Waals surface area contributed by atoms with Crippen molar-refractivity contribution in [3.63, 3.8) is 0 Å². The Labute approximate surface area is 109 Å². The van der Waals surface area contributed by atoms with Gasteiger partial charge in [-0.25, -0.2) is 0 Å². The molecule has 1 heterocycles. The van der Waals surface area contributed by atoms with E-state index in [1.807, 2.05) is 14.1 Å². The van der Waals surface area contributed by atoms with Gasteiger partial charge in [0.1, 0.15) is 5.41 Å². The molecule has 0 spiro atoms. The maximum Gasteiger partial charge on any atom is 0.240 e. The van der Waals surface area contributed by atoms with Crippen LogP contribution in [-0.4, -0.2) is 51.2 Å².